The van der Waals surface area contributed by atoms with Gasteiger partial charge in [-0.15, -0.1) is 0 Å². The molecule has 0 aliphatic heterocycles. The van der Waals surface area contributed by atoms with Gasteiger partial charge in [0.1, 0.15) is 0 Å². The van der Waals surface area contributed by atoms with E-state index in [1.54, 1.807) is 26.2 Å². The maximum atomic E-state index is 12.0. The average Bonchev–Trinajstić information content (AvgIpc) is 2.44. The standard InChI is InChI=1S/C14H22N2O3/c1-10(8-15)14(17)16(2)9-11-6-5-7-12(18-3)13(11)19-4/h5-7,10H,8-9,15H2,1-4H3. The SMILES string of the molecule is COc1cccc(CN(C)C(=O)C(C)CN)c1OC. The van der Waals surface area contributed by atoms with E-state index in [0.717, 1.165) is 5.56 Å². The molecule has 0 heterocycles. The molecule has 0 aliphatic carbocycles. The Morgan fingerprint density at radius 3 is 2.58 bits per heavy atom. The van der Waals surface area contributed by atoms with Crippen LogP contribution in [0.25, 0.3) is 0 Å². The van der Waals surface area contributed by atoms with Gasteiger partial charge in [-0.25, -0.2) is 0 Å². The van der Waals surface area contributed by atoms with Gasteiger partial charge >= 0.3 is 0 Å². The molecule has 0 fully saturated rings. The fourth-order valence-electron chi connectivity index (χ4n) is 1.89. The number of carbonyl (C=O) groups is 1. The monoisotopic (exact) mass is 266 g/mol. The smallest absolute Gasteiger partial charge is 0.226 e. The molecule has 0 saturated carbocycles. The highest BCUT2D eigenvalue weighted by Crippen LogP contribution is 2.31. The molecule has 0 aliphatic rings. The summed E-state index contributed by atoms with van der Waals surface area (Å²) in [7, 11) is 4.94. The summed E-state index contributed by atoms with van der Waals surface area (Å²) in [6, 6.07) is 5.62. The highest BCUT2D eigenvalue weighted by atomic mass is 16.5. The molecule has 1 rings (SSSR count). The lowest BCUT2D eigenvalue weighted by atomic mass is 10.1. The lowest BCUT2D eigenvalue weighted by Gasteiger charge is -2.22. The van der Waals surface area contributed by atoms with E-state index in [1.807, 2.05) is 25.1 Å². The van der Waals surface area contributed by atoms with Gasteiger partial charge in [0.15, 0.2) is 11.5 Å². The first kappa shape index (κ1) is 15.3. The third-order valence-corrected chi connectivity index (χ3v) is 3.04. The van der Waals surface area contributed by atoms with E-state index in [4.69, 9.17) is 15.2 Å². The van der Waals surface area contributed by atoms with Crippen LogP contribution >= 0.6 is 0 Å². The third-order valence-electron chi connectivity index (χ3n) is 3.04. The minimum Gasteiger partial charge on any atom is -0.493 e. The van der Waals surface area contributed by atoms with Crippen molar-refractivity contribution in [1.29, 1.82) is 0 Å². The van der Waals surface area contributed by atoms with Gasteiger partial charge < -0.3 is 20.1 Å². The summed E-state index contributed by atoms with van der Waals surface area (Å²) in [4.78, 5) is 13.7. The van der Waals surface area contributed by atoms with Crippen molar-refractivity contribution < 1.29 is 14.3 Å². The van der Waals surface area contributed by atoms with Crippen LogP contribution in [0.3, 0.4) is 0 Å². The Morgan fingerprint density at radius 1 is 1.37 bits per heavy atom. The van der Waals surface area contributed by atoms with Crippen LogP contribution in [0.4, 0.5) is 0 Å². The van der Waals surface area contributed by atoms with Crippen LogP contribution in [0.1, 0.15) is 12.5 Å². The average molecular weight is 266 g/mol. The Morgan fingerprint density at radius 2 is 2.05 bits per heavy atom. The molecule has 1 aromatic rings. The minimum atomic E-state index is -0.179. The number of hydrogen-bond donors (Lipinski definition) is 1. The second-order valence-electron chi connectivity index (χ2n) is 4.48. The van der Waals surface area contributed by atoms with Crippen molar-refractivity contribution in [3.05, 3.63) is 23.8 Å². The number of nitrogens with two attached hydrogens (primary N) is 1. The van der Waals surface area contributed by atoms with Crippen molar-refractivity contribution in [3.8, 4) is 11.5 Å². The Hall–Kier alpha value is -1.75. The molecule has 19 heavy (non-hydrogen) atoms. The zero-order valence-electron chi connectivity index (χ0n) is 12.0. The van der Waals surface area contributed by atoms with Crippen LogP contribution in [0, 0.1) is 5.92 Å². The van der Waals surface area contributed by atoms with E-state index < -0.39 is 0 Å². The Bertz CT molecular complexity index is 435. The number of benzene rings is 1. The third kappa shape index (κ3) is 3.61. The molecule has 0 bridgehead atoms. The Balaban J connectivity index is 2.90. The molecule has 0 spiro atoms. The molecule has 1 aromatic carbocycles. The van der Waals surface area contributed by atoms with Gasteiger partial charge in [0.05, 0.1) is 14.2 Å². The molecule has 106 valence electrons. The molecule has 0 saturated heterocycles. The summed E-state index contributed by atoms with van der Waals surface area (Å²) >= 11 is 0. The lowest BCUT2D eigenvalue weighted by molar-refractivity contribution is -0.133. The van der Waals surface area contributed by atoms with Gasteiger partial charge in [-0.1, -0.05) is 19.1 Å². The second kappa shape index (κ2) is 6.99. The normalized spacial score (nSPS) is 11.8. The number of para-hydroxylation sites is 1. The van der Waals surface area contributed by atoms with Gasteiger partial charge in [-0.2, -0.15) is 0 Å². The summed E-state index contributed by atoms with van der Waals surface area (Å²) in [5.41, 5.74) is 6.42. The van der Waals surface area contributed by atoms with E-state index in [9.17, 15) is 4.79 Å². The fraction of sp³-hybridized carbons (Fsp3) is 0.500. The van der Waals surface area contributed by atoms with Crippen molar-refractivity contribution in [2.45, 2.75) is 13.5 Å². The highest BCUT2D eigenvalue weighted by Gasteiger charge is 2.18. The van der Waals surface area contributed by atoms with Gasteiger partial charge in [0.25, 0.3) is 0 Å². The first-order chi connectivity index (χ1) is 9.04. The van der Waals surface area contributed by atoms with Crippen LogP contribution in [0.5, 0.6) is 11.5 Å². The topological polar surface area (TPSA) is 64.8 Å². The molecule has 0 radical (unpaired) electrons. The van der Waals surface area contributed by atoms with Gasteiger partial charge in [-0.3, -0.25) is 4.79 Å². The maximum absolute atomic E-state index is 12.0. The van der Waals surface area contributed by atoms with E-state index in [1.165, 1.54) is 0 Å². The summed E-state index contributed by atoms with van der Waals surface area (Å²) in [5, 5.41) is 0. The van der Waals surface area contributed by atoms with E-state index in [0.29, 0.717) is 24.6 Å². The largest absolute Gasteiger partial charge is 0.493 e. The quantitative estimate of drug-likeness (QED) is 0.842. The van der Waals surface area contributed by atoms with Crippen molar-refractivity contribution in [3.63, 3.8) is 0 Å². The second-order valence-corrected chi connectivity index (χ2v) is 4.48. The van der Waals surface area contributed by atoms with Gasteiger partial charge in [0.2, 0.25) is 5.91 Å². The lowest BCUT2D eigenvalue weighted by Crippen LogP contribution is -2.34. The molecular formula is C14H22N2O3. The Labute approximate surface area is 114 Å². The number of rotatable bonds is 6. The summed E-state index contributed by atoms with van der Waals surface area (Å²) in [6.07, 6.45) is 0. The molecule has 5 nitrogen and oxygen atoms in total. The van der Waals surface area contributed by atoms with Crippen LogP contribution in [-0.2, 0) is 11.3 Å². The van der Waals surface area contributed by atoms with Crippen molar-refractivity contribution >= 4 is 5.91 Å². The first-order valence-electron chi connectivity index (χ1n) is 6.20. The van der Waals surface area contributed by atoms with Gasteiger partial charge in [0, 0.05) is 31.6 Å². The van der Waals surface area contributed by atoms with Crippen LogP contribution in [-0.4, -0.2) is 38.6 Å². The molecule has 1 atom stereocenters. The zero-order valence-corrected chi connectivity index (χ0v) is 12.0. The summed E-state index contributed by atoms with van der Waals surface area (Å²) in [5.74, 6) is 1.16. The van der Waals surface area contributed by atoms with Crippen LogP contribution < -0.4 is 15.2 Å². The van der Waals surface area contributed by atoms with E-state index in [-0.39, 0.29) is 11.8 Å². The van der Waals surface area contributed by atoms with Crippen molar-refractivity contribution in [1.82, 2.24) is 4.90 Å². The number of methoxy groups -OCH3 is 2. The molecule has 5 heteroatoms. The minimum absolute atomic E-state index is 0.0207. The molecular weight excluding hydrogens is 244 g/mol. The number of ether oxygens (including phenoxy) is 2. The molecule has 2 N–H and O–H groups in total. The molecule has 1 unspecified atom stereocenters. The number of hydrogen-bond acceptors (Lipinski definition) is 4. The number of carbonyl (C=O) groups excluding carboxylic acids is 1. The van der Waals surface area contributed by atoms with Crippen molar-refractivity contribution in [2.75, 3.05) is 27.8 Å². The van der Waals surface area contributed by atoms with Crippen molar-refractivity contribution in [2.24, 2.45) is 11.7 Å². The van der Waals surface area contributed by atoms with Crippen LogP contribution in [0.15, 0.2) is 18.2 Å². The predicted octanol–water partition coefficient (Wildman–Crippen LogP) is 1.26. The van der Waals surface area contributed by atoms with Crippen LogP contribution in [0.2, 0.25) is 0 Å². The number of nitrogens with zero attached hydrogens (tertiary/aromatic N) is 1. The summed E-state index contributed by atoms with van der Waals surface area (Å²) in [6.45, 7) is 2.63. The highest BCUT2D eigenvalue weighted by molar-refractivity contribution is 5.78. The van der Waals surface area contributed by atoms with E-state index >= 15 is 0 Å². The fourth-order valence-corrected chi connectivity index (χ4v) is 1.89. The Kier molecular flexibility index (Phi) is 5.63. The first-order valence-corrected chi connectivity index (χ1v) is 6.20. The molecule has 1 amide bonds. The number of amides is 1. The predicted molar refractivity (Wildman–Crippen MR) is 74.2 cm³/mol. The zero-order chi connectivity index (χ0) is 14.4. The maximum Gasteiger partial charge on any atom is 0.226 e. The van der Waals surface area contributed by atoms with E-state index in [2.05, 4.69) is 0 Å². The van der Waals surface area contributed by atoms with Gasteiger partial charge in [-0.05, 0) is 6.07 Å². The summed E-state index contributed by atoms with van der Waals surface area (Å²) < 4.78 is 10.6. The molecule has 0 aromatic heterocycles.